The monoisotopic (exact) mass is 345 g/mol. The van der Waals surface area contributed by atoms with E-state index in [-0.39, 0.29) is 24.0 Å². The first-order valence-electron chi connectivity index (χ1n) is 8.87. The smallest absolute Gasteiger partial charge is 0.252 e. The number of nitrogens with one attached hydrogen (secondary N) is 2. The van der Waals surface area contributed by atoms with Crippen molar-refractivity contribution in [1.29, 1.82) is 0 Å². The van der Waals surface area contributed by atoms with Gasteiger partial charge in [0.05, 0.1) is 6.04 Å². The molecule has 0 bridgehead atoms. The molecule has 2 fully saturated rings. The standard InChI is InChI=1S/C19H27N3O3/c1-13-6-4-5-7-14(13)16-17(25-12-15(23)22(16)3)18(24)21-19(2)8-10-20-11-9-19/h4-7,16-17,20H,8-12H2,1-3H3,(H,21,24)/t16-,17+/m1/s1. The third-order valence-electron chi connectivity index (χ3n) is 5.38. The molecule has 0 radical (unpaired) electrons. The third-order valence-corrected chi connectivity index (χ3v) is 5.38. The Morgan fingerprint density at radius 1 is 1.32 bits per heavy atom. The van der Waals surface area contributed by atoms with Crippen molar-refractivity contribution in [2.24, 2.45) is 0 Å². The molecule has 2 aliphatic rings. The molecular formula is C19H27N3O3. The average Bonchev–Trinajstić information content (AvgIpc) is 2.58. The van der Waals surface area contributed by atoms with Gasteiger partial charge in [-0.2, -0.15) is 0 Å². The summed E-state index contributed by atoms with van der Waals surface area (Å²) in [4.78, 5) is 26.8. The van der Waals surface area contributed by atoms with E-state index in [1.165, 1.54) is 0 Å². The molecule has 0 aliphatic carbocycles. The number of piperidine rings is 1. The van der Waals surface area contributed by atoms with Gasteiger partial charge in [-0.3, -0.25) is 9.59 Å². The van der Waals surface area contributed by atoms with Gasteiger partial charge in [-0.25, -0.2) is 0 Å². The van der Waals surface area contributed by atoms with E-state index in [2.05, 4.69) is 17.6 Å². The Balaban J connectivity index is 1.85. The number of carbonyl (C=O) groups is 2. The van der Waals surface area contributed by atoms with Crippen LogP contribution in [0.3, 0.4) is 0 Å². The van der Waals surface area contributed by atoms with Crippen molar-refractivity contribution in [2.45, 2.75) is 44.4 Å². The summed E-state index contributed by atoms with van der Waals surface area (Å²) in [5.41, 5.74) is 1.76. The summed E-state index contributed by atoms with van der Waals surface area (Å²) in [5, 5.41) is 6.49. The summed E-state index contributed by atoms with van der Waals surface area (Å²) in [6.45, 7) is 5.79. The van der Waals surface area contributed by atoms with Crippen LogP contribution in [-0.2, 0) is 14.3 Å². The molecule has 3 rings (SSSR count). The molecular weight excluding hydrogens is 318 g/mol. The van der Waals surface area contributed by atoms with Crippen molar-refractivity contribution >= 4 is 11.8 Å². The molecule has 2 N–H and O–H groups in total. The number of nitrogens with zero attached hydrogens (tertiary/aromatic N) is 1. The van der Waals surface area contributed by atoms with Crippen molar-refractivity contribution in [3.05, 3.63) is 35.4 Å². The maximum Gasteiger partial charge on any atom is 0.252 e. The maximum atomic E-state index is 13.0. The van der Waals surface area contributed by atoms with Gasteiger partial charge in [-0.1, -0.05) is 24.3 Å². The van der Waals surface area contributed by atoms with E-state index in [0.29, 0.717) is 0 Å². The van der Waals surface area contributed by atoms with Crippen LogP contribution in [0.25, 0.3) is 0 Å². The zero-order valence-electron chi connectivity index (χ0n) is 15.2. The maximum absolute atomic E-state index is 13.0. The highest BCUT2D eigenvalue weighted by atomic mass is 16.5. The molecule has 2 aliphatic heterocycles. The van der Waals surface area contributed by atoms with E-state index >= 15 is 0 Å². The fourth-order valence-corrected chi connectivity index (χ4v) is 3.69. The summed E-state index contributed by atoms with van der Waals surface area (Å²) in [6, 6.07) is 7.43. The van der Waals surface area contributed by atoms with Gasteiger partial charge in [0.1, 0.15) is 6.61 Å². The first-order chi connectivity index (χ1) is 11.9. The van der Waals surface area contributed by atoms with Crippen LogP contribution in [0.15, 0.2) is 24.3 Å². The van der Waals surface area contributed by atoms with E-state index in [4.69, 9.17) is 4.74 Å². The van der Waals surface area contributed by atoms with Gasteiger partial charge in [0, 0.05) is 12.6 Å². The molecule has 6 nitrogen and oxygen atoms in total. The highest BCUT2D eigenvalue weighted by Crippen LogP contribution is 2.32. The highest BCUT2D eigenvalue weighted by molar-refractivity contribution is 5.86. The second-order valence-electron chi connectivity index (χ2n) is 7.34. The normalized spacial score (nSPS) is 26.4. The summed E-state index contributed by atoms with van der Waals surface area (Å²) in [6.07, 6.45) is 1.07. The molecule has 6 heteroatoms. The predicted molar refractivity (Wildman–Crippen MR) is 95.1 cm³/mol. The molecule has 2 heterocycles. The molecule has 0 aromatic heterocycles. The highest BCUT2D eigenvalue weighted by Gasteiger charge is 2.42. The van der Waals surface area contributed by atoms with Crippen LogP contribution in [0.4, 0.5) is 0 Å². The molecule has 1 aromatic rings. The number of hydrogen-bond acceptors (Lipinski definition) is 4. The fourth-order valence-electron chi connectivity index (χ4n) is 3.69. The molecule has 2 amide bonds. The second kappa shape index (κ2) is 7.14. The minimum absolute atomic E-state index is 0.0603. The summed E-state index contributed by atoms with van der Waals surface area (Å²) < 4.78 is 5.71. The van der Waals surface area contributed by atoms with Gasteiger partial charge in [0.15, 0.2) is 6.10 Å². The Labute approximate surface area is 148 Å². The Bertz CT molecular complexity index is 655. The molecule has 25 heavy (non-hydrogen) atoms. The Morgan fingerprint density at radius 3 is 2.68 bits per heavy atom. The fraction of sp³-hybridized carbons (Fsp3) is 0.579. The lowest BCUT2D eigenvalue weighted by atomic mass is 9.89. The second-order valence-corrected chi connectivity index (χ2v) is 7.34. The Hall–Kier alpha value is -1.92. The molecule has 0 spiro atoms. The van der Waals surface area contributed by atoms with E-state index in [9.17, 15) is 9.59 Å². The molecule has 0 unspecified atom stereocenters. The topological polar surface area (TPSA) is 70.7 Å². The zero-order chi connectivity index (χ0) is 18.0. The van der Waals surface area contributed by atoms with Crippen LogP contribution in [0.2, 0.25) is 0 Å². The van der Waals surface area contributed by atoms with E-state index in [0.717, 1.165) is 37.1 Å². The Morgan fingerprint density at radius 2 is 2.00 bits per heavy atom. The predicted octanol–water partition coefficient (Wildman–Crippen LogP) is 1.15. The molecule has 1 aromatic carbocycles. The van der Waals surface area contributed by atoms with Gasteiger partial charge >= 0.3 is 0 Å². The molecule has 136 valence electrons. The SMILES string of the molecule is Cc1ccccc1[C@@H]1[C@@H](C(=O)NC2(C)CCNCC2)OCC(=O)N1C. The quantitative estimate of drug-likeness (QED) is 0.862. The van der Waals surface area contributed by atoms with Crippen LogP contribution >= 0.6 is 0 Å². The number of ether oxygens (including phenoxy) is 1. The minimum atomic E-state index is -0.699. The number of morpholine rings is 1. The average molecular weight is 345 g/mol. The van der Waals surface area contributed by atoms with Crippen molar-refractivity contribution in [1.82, 2.24) is 15.5 Å². The summed E-state index contributed by atoms with van der Waals surface area (Å²) >= 11 is 0. The van der Waals surface area contributed by atoms with Crippen LogP contribution in [0.1, 0.15) is 36.9 Å². The Kier molecular flexibility index (Phi) is 5.11. The van der Waals surface area contributed by atoms with Gasteiger partial charge in [-0.15, -0.1) is 0 Å². The van der Waals surface area contributed by atoms with Crippen molar-refractivity contribution < 1.29 is 14.3 Å². The first-order valence-corrected chi connectivity index (χ1v) is 8.87. The number of hydrogen-bond donors (Lipinski definition) is 2. The van der Waals surface area contributed by atoms with Crippen LogP contribution in [-0.4, -0.2) is 55.1 Å². The van der Waals surface area contributed by atoms with Crippen LogP contribution in [0.5, 0.6) is 0 Å². The van der Waals surface area contributed by atoms with E-state index < -0.39 is 12.1 Å². The molecule has 2 atom stereocenters. The number of aryl methyl sites for hydroxylation is 1. The number of carbonyl (C=O) groups excluding carboxylic acids is 2. The number of benzene rings is 1. The lowest BCUT2D eigenvalue weighted by Crippen LogP contribution is -2.59. The molecule has 0 saturated carbocycles. The van der Waals surface area contributed by atoms with Crippen molar-refractivity contribution in [3.8, 4) is 0 Å². The zero-order valence-corrected chi connectivity index (χ0v) is 15.2. The number of amides is 2. The van der Waals surface area contributed by atoms with E-state index in [1.54, 1.807) is 11.9 Å². The van der Waals surface area contributed by atoms with Crippen molar-refractivity contribution in [2.75, 3.05) is 26.7 Å². The van der Waals surface area contributed by atoms with Crippen LogP contribution in [0, 0.1) is 6.92 Å². The minimum Gasteiger partial charge on any atom is -0.356 e. The largest absolute Gasteiger partial charge is 0.356 e. The van der Waals surface area contributed by atoms with E-state index in [1.807, 2.05) is 31.2 Å². The number of likely N-dealkylation sites (N-methyl/N-ethyl adjacent to an activating group) is 1. The van der Waals surface area contributed by atoms with Gasteiger partial charge in [0.2, 0.25) is 5.91 Å². The van der Waals surface area contributed by atoms with Crippen LogP contribution < -0.4 is 10.6 Å². The number of rotatable bonds is 3. The van der Waals surface area contributed by atoms with Gasteiger partial charge in [-0.05, 0) is 50.9 Å². The lowest BCUT2D eigenvalue weighted by Gasteiger charge is -2.41. The summed E-state index contributed by atoms with van der Waals surface area (Å²) in [7, 11) is 1.74. The lowest BCUT2D eigenvalue weighted by molar-refractivity contribution is -0.163. The van der Waals surface area contributed by atoms with Crippen molar-refractivity contribution in [3.63, 3.8) is 0 Å². The third kappa shape index (κ3) is 3.70. The molecule has 2 saturated heterocycles. The van der Waals surface area contributed by atoms with Gasteiger partial charge in [0.25, 0.3) is 5.91 Å². The first kappa shape index (κ1) is 17.9. The van der Waals surface area contributed by atoms with Gasteiger partial charge < -0.3 is 20.3 Å². The summed E-state index contributed by atoms with van der Waals surface area (Å²) in [5.74, 6) is -0.248.